The third-order valence-electron chi connectivity index (χ3n) is 4.22. The Labute approximate surface area is 153 Å². The van der Waals surface area contributed by atoms with Crippen LogP contribution in [0.3, 0.4) is 0 Å². The van der Waals surface area contributed by atoms with Crippen LogP contribution in [0, 0.1) is 0 Å². The minimum Gasteiger partial charge on any atom is -0.361 e. The van der Waals surface area contributed by atoms with Crippen LogP contribution in [-0.4, -0.2) is 41.2 Å². The van der Waals surface area contributed by atoms with Gasteiger partial charge in [-0.15, -0.1) is 0 Å². The van der Waals surface area contributed by atoms with Gasteiger partial charge in [-0.2, -0.15) is 4.98 Å². The van der Waals surface area contributed by atoms with E-state index in [0.29, 0.717) is 18.9 Å². The minimum atomic E-state index is 0.277. The number of rotatable bonds is 7. The van der Waals surface area contributed by atoms with Gasteiger partial charge in [-0.05, 0) is 18.1 Å². The summed E-state index contributed by atoms with van der Waals surface area (Å²) < 4.78 is 5.25. The Kier molecular flexibility index (Phi) is 5.88. The molecule has 7 nitrogen and oxygen atoms in total. The Hall–Kier alpha value is -2.83. The average Bonchev–Trinajstić information content (AvgIpc) is 3.28. The number of aliphatic imine (C=N–C) groups is 1. The molecule has 0 saturated heterocycles. The second-order valence-electron chi connectivity index (χ2n) is 6.49. The van der Waals surface area contributed by atoms with Gasteiger partial charge in [0.15, 0.2) is 11.8 Å². The van der Waals surface area contributed by atoms with Crippen molar-refractivity contribution in [1.29, 1.82) is 0 Å². The van der Waals surface area contributed by atoms with E-state index in [0.717, 1.165) is 24.7 Å². The molecule has 0 aliphatic carbocycles. The van der Waals surface area contributed by atoms with Crippen molar-refractivity contribution in [3.8, 4) is 0 Å². The molecule has 0 radical (unpaired) electrons. The quantitative estimate of drug-likeness (QED) is 0.448. The fourth-order valence-corrected chi connectivity index (χ4v) is 2.77. The Bertz CT molecular complexity index is 864. The third kappa shape index (κ3) is 4.41. The number of fused-ring (bicyclic) bond motifs is 1. The van der Waals surface area contributed by atoms with E-state index < -0.39 is 0 Å². The van der Waals surface area contributed by atoms with Gasteiger partial charge in [-0.1, -0.05) is 37.2 Å². The normalized spacial score (nSPS) is 12.1. The molecule has 0 fully saturated rings. The Morgan fingerprint density at radius 2 is 1.96 bits per heavy atom. The second kappa shape index (κ2) is 8.51. The first kappa shape index (κ1) is 18.0. The molecule has 138 valence electrons. The standard InChI is InChI=1S/C19H26N6O/c1-13(2)18-24-17(26-25-18)9-11-22-19(20-3)21-10-8-14-12-23-16-7-5-4-6-15(14)16/h4-7,12-13,23H,8-11H2,1-3H3,(H2,20,21,22). The van der Waals surface area contributed by atoms with Crippen LogP contribution in [0.2, 0.25) is 0 Å². The molecule has 3 N–H and O–H groups in total. The molecule has 0 aliphatic rings. The van der Waals surface area contributed by atoms with E-state index in [1.165, 1.54) is 16.5 Å². The lowest BCUT2D eigenvalue weighted by Crippen LogP contribution is -2.39. The lowest BCUT2D eigenvalue weighted by atomic mass is 10.1. The molecular weight excluding hydrogens is 328 g/mol. The van der Waals surface area contributed by atoms with Crippen LogP contribution >= 0.6 is 0 Å². The van der Waals surface area contributed by atoms with E-state index in [9.17, 15) is 0 Å². The highest BCUT2D eigenvalue weighted by atomic mass is 16.5. The molecule has 2 heterocycles. The first-order chi connectivity index (χ1) is 12.7. The summed E-state index contributed by atoms with van der Waals surface area (Å²) in [5.74, 6) is 2.45. The van der Waals surface area contributed by atoms with Gasteiger partial charge < -0.3 is 20.1 Å². The van der Waals surface area contributed by atoms with Crippen LogP contribution in [0.5, 0.6) is 0 Å². The molecule has 26 heavy (non-hydrogen) atoms. The number of benzene rings is 1. The van der Waals surface area contributed by atoms with Crippen molar-refractivity contribution in [1.82, 2.24) is 25.8 Å². The van der Waals surface area contributed by atoms with E-state index in [4.69, 9.17) is 4.52 Å². The van der Waals surface area contributed by atoms with E-state index in [-0.39, 0.29) is 5.92 Å². The maximum absolute atomic E-state index is 5.25. The number of nitrogens with one attached hydrogen (secondary N) is 3. The van der Waals surface area contributed by atoms with Crippen LogP contribution in [0.1, 0.15) is 37.0 Å². The van der Waals surface area contributed by atoms with Crippen molar-refractivity contribution < 1.29 is 4.52 Å². The highest BCUT2D eigenvalue weighted by molar-refractivity contribution is 5.83. The van der Waals surface area contributed by atoms with Gasteiger partial charge in [0, 0.05) is 49.6 Å². The zero-order valence-corrected chi connectivity index (χ0v) is 15.5. The van der Waals surface area contributed by atoms with Crippen molar-refractivity contribution in [2.75, 3.05) is 20.1 Å². The van der Waals surface area contributed by atoms with E-state index >= 15 is 0 Å². The average molecular weight is 354 g/mol. The summed E-state index contributed by atoms with van der Waals surface area (Å²) in [5.41, 5.74) is 2.47. The fraction of sp³-hybridized carbons (Fsp3) is 0.421. The maximum atomic E-state index is 5.25. The first-order valence-corrected chi connectivity index (χ1v) is 8.99. The van der Waals surface area contributed by atoms with Gasteiger partial charge >= 0.3 is 0 Å². The Morgan fingerprint density at radius 1 is 1.19 bits per heavy atom. The highest BCUT2D eigenvalue weighted by Gasteiger charge is 2.09. The SMILES string of the molecule is CN=C(NCCc1nc(C(C)C)no1)NCCc1c[nH]c2ccccc12. The van der Waals surface area contributed by atoms with Crippen molar-refractivity contribution in [2.45, 2.75) is 32.6 Å². The predicted octanol–water partition coefficient (Wildman–Crippen LogP) is 2.62. The summed E-state index contributed by atoms with van der Waals surface area (Å²) in [5, 5.41) is 11.9. The number of nitrogens with zero attached hydrogens (tertiary/aromatic N) is 3. The van der Waals surface area contributed by atoms with Crippen molar-refractivity contribution in [3.05, 3.63) is 47.7 Å². The highest BCUT2D eigenvalue weighted by Crippen LogP contribution is 2.17. The monoisotopic (exact) mass is 354 g/mol. The second-order valence-corrected chi connectivity index (χ2v) is 6.49. The molecule has 0 spiro atoms. The van der Waals surface area contributed by atoms with Gasteiger partial charge in [0.05, 0.1) is 0 Å². The Morgan fingerprint density at radius 3 is 2.69 bits per heavy atom. The maximum Gasteiger partial charge on any atom is 0.228 e. The molecule has 2 aromatic heterocycles. The van der Waals surface area contributed by atoms with Crippen LogP contribution in [-0.2, 0) is 12.8 Å². The zero-order valence-electron chi connectivity index (χ0n) is 15.5. The number of hydrogen-bond donors (Lipinski definition) is 3. The van der Waals surface area contributed by atoms with Crippen LogP contribution in [0.25, 0.3) is 10.9 Å². The van der Waals surface area contributed by atoms with Gasteiger partial charge in [0.1, 0.15) is 0 Å². The smallest absolute Gasteiger partial charge is 0.228 e. The van der Waals surface area contributed by atoms with Gasteiger partial charge in [0.2, 0.25) is 5.89 Å². The summed E-state index contributed by atoms with van der Waals surface area (Å²) >= 11 is 0. The van der Waals surface area contributed by atoms with Crippen molar-refractivity contribution in [2.24, 2.45) is 4.99 Å². The lowest BCUT2D eigenvalue weighted by molar-refractivity contribution is 0.371. The third-order valence-corrected chi connectivity index (χ3v) is 4.22. The number of H-pyrrole nitrogens is 1. The molecule has 0 aliphatic heterocycles. The molecule has 0 bridgehead atoms. The number of guanidine groups is 1. The lowest BCUT2D eigenvalue weighted by Gasteiger charge is -2.10. The molecule has 0 unspecified atom stereocenters. The number of aromatic amines is 1. The molecule has 3 aromatic rings. The van der Waals surface area contributed by atoms with E-state index in [1.807, 2.05) is 19.9 Å². The summed E-state index contributed by atoms with van der Waals surface area (Å²) in [6.07, 6.45) is 3.67. The Balaban J connectivity index is 1.43. The predicted molar refractivity (Wildman–Crippen MR) is 103 cm³/mol. The molecular formula is C19H26N6O. The number of hydrogen-bond acceptors (Lipinski definition) is 4. The molecule has 0 saturated carbocycles. The van der Waals surface area contributed by atoms with E-state index in [2.05, 4.69) is 55.1 Å². The van der Waals surface area contributed by atoms with Crippen molar-refractivity contribution in [3.63, 3.8) is 0 Å². The summed E-state index contributed by atoms with van der Waals surface area (Å²) in [4.78, 5) is 11.9. The minimum absolute atomic E-state index is 0.277. The van der Waals surface area contributed by atoms with Gasteiger partial charge in [-0.3, -0.25) is 4.99 Å². The van der Waals surface area contributed by atoms with E-state index in [1.54, 1.807) is 7.05 Å². The van der Waals surface area contributed by atoms with Crippen LogP contribution < -0.4 is 10.6 Å². The first-order valence-electron chi connectivity index (χ1n) is 8.99. The summed E-state index contributed by atoms with van der Waals surface area (Å²) in [6, 6.07) is 8.34. The van der Waals surface area contributed by atoms with Crippen molar-refractivity contribution >= 4 is 16.9 Å². The summed E-state index contributed by atoms with van der Waals surface area (Å²) in [6.45, 7) is 5.59. The topological polar surface area (TPSA) is 91.1 Å². The number of para-hydroxylation sites is 1. The molecule has 7 heteroatoms. The summed E-state index contributed by atoms with van der Waals surface area (Å²) in [7, 11) is 1.77. The van der Waals surface area contributed by atoms with Gasteiger partial charge in [-0.25, -0.2) is 0 Å². The molecule has 3 rings (SSSR count). The van der Waals surface area contributed by atoms with Gasteiger partial charge in [0.25, 0.3) is 0 Å². The molecule has 0 atom stereocenters. The van der Waals surface area contributed by atoms with Crippen LogP contribution in [0.4, 0.5) is 0 Å². The molecule has 1 aromatic carbocycles. The largest absolute Gasteiger partial charge is 0.361 e. The fourth-order valence-electron chi connectivity index (χ4n) is 2.77. The number of aromatic nitrogens is 3. The zero-order chi connectivity index (χ0) is 18.4. The molecule has 0 amide bonds. The van der Waals surface area contributed by atoms with Crippen LogP contribution in [0.15, 0.2) is 40.0 Å².